The van der Waals surface area contributed by atoms with Gasteiger partial charge in [-0.3, -0.25) is 4.79 Å². The maximum absolute atomic E-state index is 12.4. The SMILES string of the molecule is CCOC(=O)/C=C/c1ccc(NC(=O)C(C)NS(=O)(=O)c2ccc(Cl)c(Cl)c2)cc1. The monoisotopic (exact) mass is 470 g/mol. The summed E-state index contributed by atoms with van der Waals surface area (Å²) in [4.78, 5) is 23.6. The molecule has 2 N–H and O–H groups in total. The molecule has 0 saturated heterocycles. The molecule has 160 valence electrons. The topological polar surface area (TPSA) is 102 Å². The van der Waals surface area contributed by atoms with Crippen LogP contribution < -0.4 is 10.0 Å². The molecule has 0 saturated carbocycles. The highest BCUT2D eigenvalue weighted by Crippen LogP contribution is 2.24. The van der Waals surface area contributed by atoms with E-state index < -0.39 is 27.9 Å². The zero-order valence-electron chi connectivity index (χ0n) is 16.2. The Morgan fingerprint density at radius 3 is 2.37 bits per heavy atom. The summed E-state index contributed by atoms with van der Waals surface area (Å²) in [5, 5.41) is 2.94. The zero-order chi connectivity index (χ0) is 22.3. The van der Waals surface area contributed by atoms with Crippen LogP contribution in [0.3, 0.4) is 0 Å². The highest BCUT2D eigenvalue weighted by Gasteiger charge is 2.22. The number of halogens is 2. The fraction of sp³-hybridized carbons (Fsp3) is 0.200. The lowest BCUT2D eigenvalue weighted by atomic mass is 10.2. The van der Waals surface area contributed by atoms with E-state index in [2.05, 4.69) is 10.0 Å². The van der Waals surface area contributed by atoms with Crippen molar-refractivity contribution in [1.82, 2.24) is 4.72 Å². The Kier molecular flexibility index (Phi) is 8.43. The summed E-state index contributed by atoms with van der Waals surface area (Å²) < 4.78 is 32.0. The molecule has 1 unspecified atom stereocenters. The van der Waals surface area contributed by atoms with Gasteiger partial charge in [0, 0.05) is 11.8 Å². The van der Waals surface area contributed by atoms with Gasteiger partial charge in [0.05, 0.1) is 27.6 Å². The number of nitrogens with one attached hydrogen (secondary N) is 2. The smallest absolute Gasteiger partial charge is 0.330 e. The van der Waals surface area contributed by atoms with Crippen molar-refractivity contribution < 1.29 is 22.7 Å². The highest BCUT2D eigenvalue weighted by atomic mass is 35.5. The molecule has 2 rings (SSSR count). The molecular weight excluding hydrogens is 451 g/mol. The first-order chi connectivity index (χ1) is 14.1. The van der Waals surface area contributed by atoms with E-state index in [1.807, 2.05) is 0 Å². The summed E-state index contributed by atoms with van der Waals surface area (Å²) >= 11 is 11.7. The van der Waals surface area contributed by atoms with E-state index in [1.54, 1.807) is 37.3 Å². The second-order valence-electron chi connectivity index (χ2n) is 6.12. The molecule has 2 aromatic carbocycles. The summed E-state index contributed by atoms with van der Waals surface area (Å²) in [5.41, 5.74) is 1.20. The first-order valence-electron chi connectivity index (χ1n) is 8.85. The standard InChI is InChI=1S/C20H20Cl2N2O5S/c1-3-29-19(25)11-6-14-4-7-15(8-5-14)23-20(26)13(2)24-30(27,28)16-9-10-17(21)18(22)12-16/h4-13,24H,3H2,1-2H3,(H,23,26)/b11-6+. The van der Waals surface area contributed by atoms with Gasteiger partial charge in [-0.15, -0.1) is 0 Å². The number of carbonyl (C=O) groups is 2. The Morgan fingerprint density at radius 1 is 1.10 bits per heavy atom. The molecule has 10 heteroatoms. The summed E-state index contributed by atoms with van der Waals surface area (Å²) in [5.74, 6) is -0.994. The van der Waals surface area contributed by atoms with Gasteiger partial charge >= 0.3 is 5.97 Å². The highest BCUT2D eigenvalue weighted by molar-refractivity contribution is 7.89. The minimum absolute atomic E-state index is 0.0914. The number of amides is 1. The van der Waals surface area contributed by atoms with Crippen molar-refractivity contribution in [2.75, 3.05) is 11.9 Å². The summed E-state index contributed by atoms with van der Waals surface area (Å²) in [7, 11) is -3.97. The van der Waals surface area contributed by atoms with E-state index >= 15 is 0 Å². The third-order valence-corrected chi connectivity index (χ3v) is 6.08. The number of benzene rings is 2. The van der Waals surface area contributed by atoms with Crippen molar-refractivity contribution in [3.05, 3.63) is 64.1 Å². The number of carbonyl (C=O) groups excluding carboxylic acids is 2. The average molecular weight is 471 g/mol. The van der Waals surface area contributed by atoms with Crippen molar-refractivity contribution in [2.24, 2.45) is 0 Å². The minimum Gasteiger partial charge on any atom is -0.463 e. The lowest BCUT2D eigenvalue weighted by Gasteiger charge is -2.15. The van der Waals surface area contributed by atoms with Gasteiger partial charge in [-0.25, -0.2) is 13.2 Å². The second-order valence-corrected chi connectivity index (χ2v) is 8.64. The molecule has 0 spiro atoms. The minimum atomic E-state index is -3.97. The summed E-state index contributed by atoms with van der Waals surface area (Å²) in [6.45, 7) is 3.43. The number of ether oxygens (including phenoxy) is 1. The molecule has 0 bridgehead atoms. The molecule has 0 aliphatic carbocycles. The lowest BCUT2D eigenvalue weighted by molar-refractivity contribution is -0.137. The zero-order valence-corrected chi connectivity index (χ0v) is 18.5. The van der Waals surface area contributed by atoms with Crippen LogP contribution in [0.25, 0.3) is 6.08 Å². The molecule has 0 aliphatic rings. The number of rotatable bonds is 8. The van der Waals surface area contributed by atoms with Gasteiger partial charge in [0.2, 0.25) is 15.9 Å². The summed E-state index contributed by atoms with van der Waals surface area (Å²) in [6.07, 6.45) is 2.88. The van der Waals surface area contributed by atoms with Crippen LogP contribution in [0.1, 0.15) is 19.4 Å². The molecule has 0 aliphatic heterocycles. The van der Waals surface area contributed by atoms with Crippen molar-refractivity contribution in [3.8, 4) is 0 Å². The van der Waals surface area contributed by atoms with Crippen LogP contribution in [0.5, 0.6) is 0 Å². The molecule has 0 aromatic heterocycles. The second kappa shape index (κ2) is 10.6. The summed E-state index contributed by atoms with van der Waals surface area (Å²) in [6, 6.07) is 9.45. The Bertz CT molecular complexity index is 1050. The largest absolute Gasteiger partial charge is 0.463 e. The molecule has 2 aromatic rings. The van der Waals surface area contributed by atoms with Crippen molar-refractivity contribution in [2.45, 2.75) is 24.8 Å². The molecule has 7 nitrogen and oxygen atoms in total. The third-order valence-electron chi connectivity index (χ3n) is 3.80. The van der Waals surface area contributed by atoms with E-state index in [-0.39, 0.29) is 14.9 Å². The van der Waals surface area contributed by atoms with Crippen LogP contribution in [0.4, 0.5) is 5.69 Å². The van der Waals surface area contributed by atoms with Crippen molar-refractivity contribution in [1.29, 1.82) is 0 Å². The van der Waals surface area contributed by atoms with Gasteiger partial charge in [0.15, 0.2) is 0 Å². The van der Waals surface area contributed by atoms with Crippen LogP contribution in [-0.2, 0) is 24.3 Å². The van der Waals surface area contributed by atoms with E-state index in [4.69, 9.17) is 27.9 Å². The molecular formula is C20H20Cl2N2O5S. The van der Waals surface area contributed by atoms with Crippen LogP contribution in [0.2, 0.25) is 10.0 Å². The predicted molar refractivity (Wildman–Crippen MR) is 117 cm³/mol. The number of sulfonamides is 1. The van der Waals surface area contributed by atoms with Crippen LogP contribution in [-0.4, -0.2) is 32.9 Å². The van der Waals surface area contributed by atoms with Gasteiger partial charge in [-0.2, -0.15) is 4.72 Å². The van der Waals surface area contributed by atoms with E-state index in [9.17, 15) is 18.0 Å². The molecule has 0 fully saturated rings. The molecule has 1 amide bonds. The number of anilines is 1. The van der Waals surface area contributed by atoms with Gasteiger partial charge in [-0.1, -0.05) is 35.3 Å². The number of esters is 1. The van der Waals surface area contributed by atoms with Gasteiger partial charge in [-0.05, 0) is 55.8 Å². The van der Waals surface area contributed by atoms with E-state index in [0.717, 1.165) is 5.56 Å². The first kappa shape index (κ1) is 23.9. The van der Waals surface area contributed by atoms with E-state index in [1.165, 1.54) is 31.2 Å². The third kappa shape index (κ3) is 6.84. The van der Waals surface area contributed by atoms with Crippen LogP contribution in [0, 0.1) is 0 Å². The first-order valence-corrected chi connectivity index (χ1v) is 11.1. The Hall–Kier alpha value is -2.39. The molecule has 30 heavy (non-hydrogen) atoms. The lowest BCUT2D eigenvalue weighted by Crippen LogP contribution is -2.41. The molecule has 0 heterocycles. The van der Waals surface area contributed by atoms with Crippen molar-refractivity contribution in [3.63, 3.8) is 0 Å². The fourth-order valence-corrected chi connectivity index (χ4v) is 3.87. The van der Waals surface area contributed by atoms with Crippen LogP contribution in [0.15, 0.2) is 53.4 Å². The maximum atomic E-state index is 12.4. The quantitative estimate of drug-likeness (QED) is 0.450. The predicted octanol–water partition coefficient (Wildman–Crippen LogP) is 3.88. The van der Waals surface area contributed by atoms with Gasteiger partial charge in [0.1, 0.15) is 0 Å². The van der Waals surface area contributed by atoms with Gasteiger partial charge < -0.3 is 10.1 Å². The van der Waals surface area contributed by atoms with Crippen LogP contribution >= 0.6 is 23.2 Å². The van der Waals surface area contributed by atoms with E-state index in [0.29, 0.717) is 12.3 Å². The maximum Gasteiger partial charge on any atom is 0.330 e. The fourth-order valence-electron chi connectivity index (χ4n) is 2.28. The molecule has 1 atom stereocenters. The normalized spacial score (nSPS) is 12.5. The Balaban J connectivity index is 1.99. The number of hydrogen-bond donors (Lipinski definition) is 2. The van der Waals surface area contributed by atoms with Gasteiger partial charge in [0.25, 0.3) is 0 Å². The average Bonchev–Trinajstić information content (AvgIpc) is 2.69. The Morgan fingerprint density at radius 2 is 1.77 bits per heavy atom. The Labute approximate surface area is 185 Å². The number of hydrogen-bond acceptors (Lipinski definition) is 5. The molecule has 0 radical (unpaired) electrons. The van der Waals surface area contributed by atoms with Crippen molar-refractivity contribution >= 4 is 56.9 Å².